The predicted molar refractivity (Wildman–Crippen MR) is 110 cm³/mol. The zero-order valence-electron chi connectivity index (χ0n) is 14.7. The van der Waals surface area contributed by atoms with Crippen LogP contribution in [0.5, 0.6) is 0 Å². The largest absolute Gasteiger partial charge is 0.245 e. The lowest BCUT2D eigenvalue weighted by Crippen LogP contribution is -1.97. The normalized spacial score (nSPS) is 14.0. The summed E-state index contributed by atoms with van der Waals surface area (Å²) in [6.07, 6.45) is 3.06. The van der Waals surface area contributed by atoms with Gasteiger partial charge in [-0.05, 0) is 36.4 Å². The van der Waals surface area contributed by atoms with Crippen molar-refractivity contribution in [2.75, 3.05) is 6.26 Å². The molecule has 0 bridgehead atoms. The van der Waals surface area contributed by atoms with Crippen molar-refractivity contribution in [3.05, 3.63) is 95.9 Å². The molecule has 1 unspecified atom stereocenters. The molecule has 0 aromatic heterocycles. The molecule has 3 rings (SSSR count). The summed E-state index contributed by atoms with van der Waals surface area (Å²) >= 11 is 0. The summed E-state index contributed by atoms with van der Waals surface area (Å²) < 4.78 is 42.3. The molecular weight excluding hydrogens is 378 g/mol. The molecule has 0 aliphatic rings. The van der Waals surface area contributed by atoms with E-state index in [2.05, 4.69) is 4.36 Å². The highest BCUT2D eigenvalue weighted by Crippen LogP contribution is 2.25. The summed E-state index contributed by atoms with van der Waals surface area (Å²) in [5, 5.41) is 1.15. The van der Waals surface area contributed by atoms with Crippen molar-refractivity contribution in [3.63, 3.8) is 0 Å². The Labute approximate surface area is 160 Å². The summed E-state index contributed by atoms with van der Waals surface area (Å²) in [7, 11) is -6.21. The van der Waals surface area contributed by atoms with E-state index in [1.165, 1.54) is 6.08 Å². The minimum atomic E-state index is -3.56. The van der Waals surface area contributed by atoms with Crippen molar-refractivity contribution in [1.29, 1.82) is 0 Å². The van der Waals surface area contributed by atoms with E-state index in [1.807, 2.05) is 18.2 Å². The summed E-state index contributed by atoms with van der Waals surface area (Å²) in [5.74, 6) is 0. The number of nitrogens with zero attached hydrogens (tertiary/aromatic N) is 1. The number of hydrogen-bond donors (Lipinski definition) is 0. The number of benzene rings is 3. The third-order valence-electron chi connectivity index (χ3n) is 3.89. The molecule has 0 amide bonds. The molecule has 6 heteroatoms. The van der Waals surface area contributed by atoms with Gasteiger partial charge in [-0.2, -0.15) is 4.36 Å². The Bertz CT molecular complexity index is 1180. The topological polar surface area (TPSA) is 63.6 Å². The van der Waals surface area contributed by atoms with Crippen LogP contribution >= 0.6 is 0 Å². The lowest BCUT2D eigenvalue weighted by atomic mass is 10.2. The molecule has 0 heterocycles. The second kappa shape index (κ2) is 7.90. The average molecular weight is 398 g/mol. The third-order valence-corrected chi connectivity index (χ3v) is 7.00. The summed E-state index contributed by atoms with van der Waals surface area (Å²) in [4.78, 5) is 0.847. The molecule has 4 nitrogen and oxygen atoms in total. The minimum Gasteiger partial charge on any atom is -0.245 e. The van der Waals surface area contributed by atoms with Gasteiger partial charge in [-0.25, -0.2) is 12.6 Å². The molecule has 0 saturated heterocycles. The molecule has 0 N–H and O–H groups in total. The molecule has 0 aliphatic heterocycles. The van der Waals surface area contributed by atoms with Crippen molar-refractivity contribution in [2.45, 2.75) is 9.79 Å². The van der Waals surface area contributed by atoms with Gasteiger partial charge >= 0.3 is 0 Å². The Hall–Kier alpha value is -2.70. The highest BCUT2D eigenvalue weighted by atomic mass is 32.2. The van der Waals surface area contributed by atoms with Gasteiger partial charge in [-0.3, -0.25) is 0 Å². The van der Waals surface area contributed by atoms with Crippen LogP contribution in [0.2, 0.25) is 0 Å². The fraction of sp³-hybridized carbons (Fsp3) is 0.0476. The lowest BCUT2D eigenvalue weighted by molar-refractivity contribution is 0.605. The van der Waals surface area contributed by atoms with Crippen LogP contribution in [0.1, 0.15) is 5.56 Å². The van der Waals surface area contributed by atoms with Gasteiger partial charge in [0.2, 0.25) is 0 Å². The van der Waals surface area contributed by atoms with Crippen molar-refractivity contribution >= 4 is 31.3 Å². The summed E-state index contributed by atoms with van der Waals surface area (Å²) in [6, 6.07) is 24.3. The molecule has 3 aromatic carbocycles. The summed E-state index contributed by atoms with van der Waals surface area (Å²) in [6.45, 7) is 0. The molecule has 0 saturated carbocycles. The molecule has 0 radical (unpaired) electrons. The fourth-order valence-electron chi connectivity index (χ4n) is 2.48. The van der Waals surface area contributed by atoms with E-state index in [9.17, 15) is 12.6 Å². The van der Waals surface area contributed by atoms with Gasteiger partial charge in [0.1, 0.15) is 0 Å². The van der Waals surface area contributed by atoms with Crippen LogP contribution < -0.4 is 0 Å². The van der Waals surface area contributed by atoms with Crippen LogP contribution in [-0.2, 0) is 19.6 Å². The molecule has 0 fully saturated rings. The molecule has 1 atom stereocenters. The Morgan fingerprint density at radius 1 is 0.704 bits per heavy atom. The Morgan fingerprint density at radius 2 is 1.22 bits per heavy atom. The quantitative estimate of drug-likeness (QED) is 0.614. The molecule has 0 aliphatic carbocycles. The second-order valence-electron chi connectivity index (χ2n) is 5.93. The molecule has 3 aromatic rings. The van der Waals surface area contributed by atoms with E-state index < -0.39 is 19.6 Å². The van der Waals surface area contributed by atoms with Crippen LogP contribution in [0.25, 0.3) is 6.08 Å². The third kappa shape index (κ3) is 4.72. The van der Waals surface area contributed by atoms with Crippen LogP contribution in [0.4, 0.5) is 5.69 Å². The Morgan fingerprint density at radius 3 is 1.85 bits per heavy atom. The first-order chi connectivity index (χ1) is 12.9. The average Bonchev–Trinajstić information content (AvgIpc) is 2.68. The van der Waals surface area contributed by atoms with E-state index in [0.717, 1.165) is 5.41 Å². The maximum absolute atomic E-state index is 13.0. The van der Waals surface area contributed by atoms with Gasteiger partial charge in [-0.15, -0.1) is 0 Å². The standard InChI is InChI=1S/C21H19NO3S2/c1-26(23,19-11-4-2-5-12-19)22-21-15-9-8-10-18(21)16-17-27(24,25)20-13-6-3-7-14-20/h2-17H,1H3/b17-16+. The number of rotatable bonds is 5. The van der Waals surface area contributed by atoms with Crippen LogP contribution in [0.15, 0.2) is 104 Å². The van der Waals surface area contributed by atoms with Crippen molar-refractivity contribution in [2.24, 2.45) is 4.36 Å². The van der Waals surface area contributed by atoms with Gasteiger partial charge in [0.25, 0.3) is 0 Å². The van der Waals surface area contributed by atoms with E-state index in [4.69, 9.17) is 0 Å². The van der Waals surface area contributed by atoms with Crippen LogP contribution in [0.3, 0.4) is 0 Å². The van der Waals surface area contributed by atoms with Gasteiger partial charge in [0, 0.05) is 22.1 Å². The molecule has 138 valence electrons. The lowest BCUT2D eigenvalue weighted by Gasteiger charge is -2.06. The first kappa shape index (κ1) is 19.1. The fourth-order valence-corrected chi connectivity index (χ4v) is 4.81. The zero-order valence-corrected chi connectivity index (χ0v) is 16.4. The SMILES string of the molecule is CS(=O)(=Nc1ccccc1/C=C/S(=O)(=O)c1ccccc1)c1ccccc1. The Balaban J connectivity index is 2.01. The monoisotopic (exact) mass is 397 g/mol. The molecular formula is C21H19NO3S2. The highest BCUT2D eigenvalue weighted by molar-refractivity contribution is 7.94. The maximum Gasteiger partial charge on any atom is 0.199 e. The highest BCUT2D eigenvalue weighted by Gasteiger charge is 2.11. The first-order valence-corrected chi connectivity index (χ1v) is 11.7. The van der Waals surface area contributed by atoms with Crippen molar-refractivity contribution in [1.82, 2.24) is 0 Å². The van der Waals surface area contributed by atoms with Gasteiger partial charge in [0.05, 0.1) is 20.3 Å². The molecule has 27 heavy (non-hydrogen) atoms. The maximum atomic E-state index is 13.0. The number of hydrogen-bond acceptors (Lipinski definition) is 4. The first-order valence-electron chi connectivity index (χ1n) is 8.23. The van der Waals surface area contributed by atoms with E-state index in [1.54, 1.807) is 73.0 Å². The number of sulfone groups is 1. The van der Waals surface area contributed by atoms with Gasteiger partial charge < -0.3 is 0 Å². The zero-order chi connectivity index (χ0) is 19.3. The van der Waals surface area contributed by atoms with Crippen molar-refractivity contribution < 1.29 is 12.6 Å². The van der Waals surface area contributed by atoms with E-state index in [-0.39, 0.29) is 4.90 Å². The smallest absolute Gasteiger partial charge is 0.199 e. The van der Waals surface area contributed by atoms with E-state index in [0.29, 0.717) is 16.1 Å². The van der Waals surface area contributed by atoms with Gasteiger partial charge in [0.15, 0.2) is 9.84 Å². The predicted octanol–water partition coefficient (Wildman–Crippen LogP) is 4.92. The van der Waals surface area contributed by atoms with Gasteiger partial charge in [-0.1, -0.05) is 54.6 Å². The van der Waals surface area contributed by atoms with Crippen molar-refractivity contribution in [3.8, 4) is 0 Å². The minimum absolute atomic E-state index is 0.222. The molecule has 0 spiro atoms. The summed E-state index contributed by atoms with van der Waals surface area (Å²) in [5.41, 5.74) is 1.07. The van der Waals surface area contributed by atoms with E-state index >= 15 is 0 Å². The van der Waals surface area contributed by atoms with Crippen LogP contribution in [-0.4, -0.2) is 18.9 Å². The van der Waals surface area contributed by atoms with Crippen LogP contribution in [0, 0.1) is 0 Å². The Kier molecular flexibility index (Phi) is 5.58. The second-order valence-corrected chi connectivity index (χ2v) is 10.0.